The van der Waals surface area contributed by atoms with Gasteiger partial charge in [0.2, 0.25) is 0 Å². The molecule has 1 fully saturated rings. The van der Waals surface area contributed by atoms with E-state index >= 15 is 0 Å². The van der Waals surface area contributed by atoms with Crippen molar-refractivity contribution in [2.75, 3.05) is 19.6 Å². The molecule has 1 aromatic rings. The lowest BCUT2D eigenvalue weighted by atomic mass is 10.0. The maximum absolute atomic E-state index is 12.3. The molecule has 1 aliphatic rings. The number of nitrogens with one attached hydrogen (secondary N) is 1. The van der Waals surface area contributed by atoms with Gasteiger partial charge in [-0.15, -0.1) is 0 Å². The molecule has 2 rings (SSSR count). The van der Waals surface area contributed by atoms with Crippen LogP contribution in [-0.4, -0.2) is 36.8 Å². The lowest BCUT2D eigenvalue weighted by Crippen LogP contribution is -2.46. The van der Waals surface area contributed by atoms with E-state index in [1.165, 1.54) is 4.90 Å². The monoisotopic (exact) mass is 320 g/mol. The molecule has 1 N–H and O–H groups in total. The number of benzene rings is 1. The van der Waals surface area contributed by atoms with Gasteiger partial charge in [-0.05, 0) is 50.6 Å². The van der Waals surface area contributed by atoms with Crippen LogP contribution in [0.3, 0.4) is 0 Å². The summed E-state index contributed by atoms with van der Waals surface area (Å²) in [6.45, 7) is 2.22. The molecule has 0 radical (unpaired) electrons. The van der Waals surface area contributed by atoms with Crippen molar-refractivity contribution < 1.29 is 13.2 Å². The van der Waals surface area contributed by atoms with Crippen LogP contribution in [0.2, 0.25) is 5.02 Å². The Morgan fingerprint density at radius 3 is 2.57 bits per heavy atom. The first kappa shape index (κ1) is 16.6. The maximum atomic E-state index is 12.3. The Morgan fingerprint density at radius 2 is 2.00 bits per heavy atom. The van der Waals surface area contributed by atoms with Gasteiger partial charge in [-0.3, -0.25) is 4.90 Å². The third-order valence-electron chi connectivity index (χ3n) is 3.82. The number of hydrogen-bond acceptors (Lipinski definition) is 2. The Balaban J connectivity index is 1.81. The van der Waals surface area contributed by atoms with E-state index < -0.39 is 12.7 Å². The predicted molar refractivity (Wildman–Crippen MR) is 78.5 cm³/mol. The van der Waals surface area contributed by atoms with Crippen molar-refractivity contribution in [2.24, 2.45) is 0 Å². The molecule has 1 atom stereocenters. The summed E-state index contributed by atoms with van der Waals surface area (Å²) in [7, 11) is 0. The molecule has 118 valence electrons. The fraction of sp³-hybridized carbons (Fsp3) is 0.600. The molecule has 1 saturated heterocycles. The molecule has 6 heteroatoms. The van der Waals surface area contributed by atoms with E-state index in [4.69, 9.17) is 11.6 Å². The summed E-state index contributed by atoms with van der Waals surface area (Å²) < 4.78 is 37.0. The summed E-state index contributed by atoms with van der Waals surface area (Å²) in [6, 6.07) is 8.04. The predicted octanol–water partition coefficient (Wildman–Crippen LogP) is 4.02. The Kier molecular flexibility index (Phi) is 5.52. The second kappa shape index (κ2) is 6.99. The molecule has 2 nitrogen and oxygen atoms in total. The standard InChI is InChI=1S/C15H20ClF3N2/c1-11(12-3-2-4-13(16)9-12)20-14-5-7-21(8-6-14)10-15(17,18)19/h2-4,9,11,14,20H,5-8,10H2,1H3. The summed E-state index contributed by atoms with van der Waals surface area (Å²) in [5.41, 5.74) is 1.10. The van der Waals surface area contributed by atoms with Crippen molar-refractivity contribution in [1.82, 2.24) is 10.2 Å². The molecule has 1 heterocycles. The number of piperidine rings is 1. The lowest BCUT2D eigenvalue weighted by Gasteiger charge is -2.34. The minimum Gasteiger partial charge on any atom is -0.307 e. The van der Waals surface area contributed by atoms with Crippen molar-refractivity contribution in [2.45, 2.75) is 38.0 Å². The second-order valence-electron chi connectivity index (χ2n) is 5.61. The highest BCUT2D eigenvalue weighted by Crippen LogP contribution is 2.22. The molecule has 0 bridgehead atoms. The average Bonchev–Trinajstić information content (AvgIpc) is 2.39. The van der Waals surface area contributed by atoms with E-state index in [1.807, 2.05) is 31.2 Å². The summed E-state index contributed by atoms with van der Waals surface area (Å²) in [5.74, 6) is 0. The second-order valence-corrected chi connectivity index (χ2v) is 6.05. The van der Waals surface area contributed by atoms with Crippen LogP contribution in [0.25, 0.3) is 0 Å². The van der Waals surface area contributed by atoms with Crippen LogP contribution in [0, 0.1) is 0 Å². The Morgan fingerprint density at radius 1 is 1.33 bits per heavy atom. The third-order valence-corrected chi connectivity index (χ3v) is 4.06. The molecule has 1 aliphatic heterocycles. The van der Waals surface area contributed by atoms with Gasteiger partial charge in [-0.25, -0.2) is 0 Å². The summed E-state index contributed by atoms with van der Waals surface area (Å²) in [4.78, 5) is 1.47. The quantitative estimate of drug-likeness (QED) is 0.901. The Bertz CT molecular complexity index is 456. The van der Waals surface area contributed by atoms with Crippen LogP contribution in [-0.2, 0) is 0 Å². The van der Waals surface area contributed by atoms with Crippen LogP contribution in [0.15, 0.2) is 24.3 Å². The first-order chi connectivity index (χ1) is 9.83. The van der Waals surface area contributed by atoms with Crippen molar-refractivity contribution >= 4 is 11.6 Å². The highest BCUT2D eigenvalue weighted by Gasteiger charge is 2.32. The van der Waals surface area contributed by atoms with Crippen molar-refractivity contribution in [1.29, 1.82) is 0 Å². The van der Waals surface area contributed by atoms with Crippen LogP contribution >= 0.6 is 11.6 Å². The van der Waals surface area contributed by atoms with Gasteiger partial charge in [-0.1, -0.05) is 23.7 Å². The molecule has 0 aliphatic carbocycles. The van der Waals surface area contributed by atoms with Gasteiger partial charge < -0.3 is 5.32 Å². The Labute approximate surface area is 128 Å². The third kappa shape index (κ3) is 5.49. The molecule has 1 unspecified atom stereocenters. The van der Waals surface area contributed by atoms with Gasteiger partial charge in [0.05, 0.1) is 6.54 Å². The highest BCUT2D eigenvalue weighted by atomic mass is 35.5. The zero-order chi connectivity index (χ0) is 15.5. The topological polar surface area (TPSA) is 15.3 Å². The van der Waals surface area contributed by atoms with Gasteiger partial charge in [0.25, 0.3) is 0 Å². The van der Waals surface area contributed by atoms with Crippen molar-refractivity contribution in [3.63, 3.8) is 0 Å². The molecule has 0 saturated carbocycles. The minimum absolute atomic E-state index is 0.142. The van der Waals surface area contributed by atoms with E-state index in [-0.39, 0.29) is 12.1 Å². The largest absolute Gasteiger partial charge is 0.401 e. The van der Waals surface area contributed by atoms with Gasteiger partial charge >= 0.3 is 6.18 Å². The first-order valence-corrected chi connectivity index (χ1v) is 7.52. The first-order valence-electron chi connectivity index (χ1n) is 7.14. The van der Waals surface area contributed by atoms with Crippen molar-refractivity contribution in [3.8, 4) is 0 Å². The number of hydrogen-bond donors (Lipinski definition) is 1. The van der Waals surface area contributed by atoms with E-state index in [0.29, 0.717) is 18.1 Å². The number of halogens is 4. The highest BCUT2D eigenvalue weighted by molar-refractivity contribution is 6.30. The van der Waals surface area contributed by atoms with Gasteiger partial charge in [0.1, 0.15) is 0 Å². The van der Waals surface area contributed by atoms with E-state index in [9.17, 15) is 13.2 Å². The fourth-order valence-electron chi connectivity index (χ4n) is 2.74. The van der Waals surface area contributed by atoms with Gasteiger partial charge in [0, 0.05) is 17.1 Å². The molecule has 21 heavy (non-hydrogen) atoms. The van der Waals surface area contributed by atoms with Crippen molar-refractivity contribution in [3.05, 3.63) is 34.9 Å². The number of likely N-dealkylation sites (tertiary alicyclic amines) is 1. The maximum Gasteiger partial charge on any atom is 0.401 e. The summed E-state index contributed by atoms with van der Waals surface area (Å²) in [6.07, 6.45) is -2.63. The fourth-order valence-corrected chi connectivity index (χ4v) is 2.94. The average molecular weight is 321 g/mol. The minimum atomic E-state index is -4.10. The van der Waals surface area contributed by atoms with Crippen LogP contribution in [0.5, 0.6) is 0 Å². The van der Waals surface area contributed by atoms with Gasteiger partial charge in [0.15, 0.2) is 0 Å². The van der Waals surface area contributed by atoms with Crippen LogP contribution in [0.4, 0.5) is 13.2 Å². The molecular formula is C15H20ClF3N2. The molecule has 0 spiro atoms. The van der Waals surface area contributed by atoms with E-state index in [0.717, 1.165) is 18.4 Å². The number of nitrogens with zero attached hydrogens (tertiary/aromatic N) is 1. The smallest absolute Gasteiger partial charge is 0.307 e. The van der Waals surface area contributed by atoms with Crippen LogP contribution < -0.4 is 5.32 Å². The summed E-state index contributed by atoms with van der Waals surface area (Å²) >= 11 is 5.97. The molecular weight excluding hydrogens is 301 g/mol. The number of rotatable bonds is 4. The zero-order valence-electron chi connectivity index (χ0n) is 12.0. The molecule has 0 aromatic heterocycles. The normalized spacial score (nSPS) is 19.7. The van der Waals surface area contributed by atoms with Gasteiger partial charge in [-0.2, -0.15) is 13.2 Å². The molecule has 1 aromatic carbocycles. The molecule has 0 amide bonds. The van der Waals surface area contributed by atoms with Crippen LogP contribution in [0.1, 0.15) is 31.4 Å². The Hall–Kier alpha value is -0.780. The van der Waals surface area contributed by atoms with E-state index in [1.54, 1.807) is 0 Å². The number of alkyl halides is 3. The SMILES string of the molecule is CC(NC1CCN(CC(F)(F)F)CC1)c1cccc(Cl)c1. The summed E-state index contributed by atoms with van der Waals surface area (Å²) in [5, 5.41) is 4.17. The van der Waals surface area contributed by atoms with E-state index in [2.05, 4.69) is 5.32 Å². The lowest BCUT2D eigenvalue weighted by molar-refractivity contribution is -0.148. The zero-order valence-corrected chi connectivity index (χ0v) is 12.7.